The number of fused-ring (bicyclic) bond motifs is 1. The van der Waals surface area contributed by atoms with Crippen LogP contribution in [0.25, 0.3) is 22.0 Å². The molecule has 6 aromatic rings. The molecular formula is C47H52F3N7O5S. The van der Waals surface area contributed by atoms with Crippen LogP contribution >= 0.6 is 11.8 Å². The second-order valence-electron chi connectivity index (χ2n) is 14.8. The Labute approximate surface area is 369 Å². The first-order chi connectivity index (χ1) is 30.4. The standard InChI is InChI=1S/C47H52F3N7O5S/c1-31-45(32(2)62-56-31)34-24-41(46(60-4)55-28-34)54-27-33-13-10-15-36(23-33)61-29-44(58)53-20-8-6-5-7-9-22-63-37-18-19-40(43(26-37)59-3)52-21-12-14-35-25-38-39(51)16-11-17-42(38)57(35)30-47(48,49)50/h10-11,13,15-19,23-26,28,52,54H,5-9,20-22,27,29-30,51H2,1-4H3,(H,53,58). The fourth-order valence-electron chi connectivity index (χ4n) is 7.03. The van der Waals surface area contributed by atoms with Gasteiger partial charge in [0.15, 0.2) is 6.61 Å². The molecule has 12 nitrogen and oxygen atoms in total. The maximum atomic E-state index is 13.4. The molecule has 332 valence electrons. The number of hydrogen-bond donors (Lipinski definition) is 4. The number of pyridine rings is 1. The molecule has 0 atom stereocenters. The highest BCUT2D eigenvalue weighted by Crippen LogP contribution is 2.34. The summed E-state index contributed by atoms with van der Waals surface area (Å²) in [5, 5.41) is 14.1. The number of hydrogen-bond acceptors (Lipinski definition) is 11. The van der Waals surface area contributed by atoms with E-state index in [0.717, 1.165) is 81.1 Å². The lowest BCUT2D eigenvalue weighted by Gasteiger charge is -2.13. The fourth-order valence-corrected chi connectivity index (χ4v) is 7.97. The molecule has 1 amide bonds. The van der Waals surface area contributed by atoms with Gasteiger partial charge in [-0.15, -0.1) is 11.8 Å². The number of rotatable bonds is 21. The van der Waals surface area contributed by atoms with E-state index in [1.54, 1.807) is 56.4 Å². The second kappa shape index (κ2) is 22.1. The van der Waals surface area contributed by atoms with Crippen LogP contribution in [-0.2, 0) is 17.9 Å². The number of unbranched alkanes of at least 4 members (excludes halogenated alkanes) is 4. The topological polar surface area (TPSA) is 151 Å². The van der Waals surface area contributed by atoms with E-state index in [0.29, 0.717) is 52.8 Å². The lowest BCUT2D eigenvalue weighted by molar-refractivity contribution is -0.140. The molecule has 3 heterocycles. The SMILES string of the molecule is COc1cc(SCCCCCCCNC(=O)COc2cccc(CNc3cc(-c4c(C)noc4C)cnc3OC)c2)ccc1NCC#Cc1cc2c(N)cccc2n1CC(F)(F)F. The average molecular weight is 884 g/mol. The van der Waals surface area contributed by atoms with Gasteiger partial charge in [-0.25, -0.2) is 4.98 Å². The average Bonchev–Trinajstić information content (AvgIpc) is 3.80. The van der Waals surface area contributed by atoms with Crippen LogP contribution in [0.1, 0.15) is 54.8 Å². The van der Waals surface area contributed by atoms with Crippen molar-refractivity contribution in [1.29, 1.82) is 0 Å². The van der Waals surface area contributed by atoms with E-state index in [2.05, 4.69) is 37.9 Å². The minimum Gasteiger partial charge on any atom is -0.495 e. The Morgan fingerprint density at radius 3 is 2.52 bits per heavy atom. The van der Waals surface area contributed by atoms with Crippen molar-refractivity contribution in [1.82, 2.24) is 20.0 Å². The molecule has 0 saturated heterocycles. The molecule has 0 aliphatic heterocycles. The maximum absolute atomic E-state index is 13.4. The number of amides is 1. The molecule has 16 heteroatoms. The van der Waals surface area contributed by atoms with E-state index in [1.807, 2.05) is 62.4 Å². The number of benzene rings is 3. The van der Waals surface area contributed by atoms with Crippen LogP contribution in [0.15, 0.2) is 88.4 Å². The Morgan fingerprint density at radius 2 is 1.75 bits per heavy atom. The van der Waals surface area contributed by atoms with Crippen molar-refractivity contribution in [3.8, 4) is 40.3 Å². The number of anilines is 3. The minimum atomic E-state index is -4.41. The quantitative estimate of drug-likeness (QED) is 0.0237. The third kappa shape index (κ3) is 13.0. The molecule has 3 aromatic heterocycles. The molecule has 6 rings (SSSR count). The molecule has 0 saturated carbocycles. The van der Waals surface area contributed by atoms with Gasteiger partial charge in [-0.1, -0.05) is 48.5 Å². The van der Waals surface area contributed by atoms with Crippen LogP contribution in [0.4, 0.5) is 30.2 Å². The summed E-state index contributed by atoms with van der Waals surface area (Å²) in [7, 11) is 3.17. The number of carbonyl (C=O) groups excluding carboxylic acids is 1. The molecule has 3 aromatic carbocycles. The summed E-state index contributed by atoms with van der Waals surface area (Å²) in [4.78, 5) is 18.0. The third-order valence-electron chi connectivity index (χ3n) is 10.1. The van der Waals surface area contributed by atoms with E-state index < -0.39 is 12.7 Å². The molecule has 63 heavy (non-hydrogen) atoms. The normalized spacial score (nSPS) is 11.2. The first kappa shape index (κ1) is 46.0. The first-order valence-corrected chi connectivity index (χ1v) is 21.6. The van der Waals surface area contributed by atoms with Crippen LogP contribution in [0.5, 0.6) is 17.4 Å². The number of methoxy groups -OCH3 is 2. The molecule has 0 bridgehead atoms. The highest BCUT2D eigenvalue weighted by molar-refractivity contribution is 7.99. The zero-order chi connectivity index (χ0) is 44.8. The number of carbonyl (C=O) groups is 1. The van der Waals surface area contributed by atoms with Gasteiger partial charge in [-0.3, -0.25) is 4.79 Å². The largest absolute Gasteiger partial charge is 0.495 e. The van der Waals surface area contributed by atoms with E-state index >= 15 is 0 Å². The highest BCUT2D eigenvalue weighted by atomic mass is 32.2. The maximum Gasteiger partial charge on any atom is 0.406 e. The van der Waals surface area contributed by atoms with Crippen molar-refractivity contribution in [2.45, 2.75) is 70.1 Å². The van der Waals surface area contributed by atoms with Crippen LogP contribution in [-0.4, -0.2) is 66.5 Å². The van der Waals surface area contributed by atoms with E-state index in [9.17, 15) is 18.0 Å². The van der Waals surface area contributed by atoms with Gasteiger partial charge in [0.2, 0.25) is 5.88 Å². The van der Waals surface area contributed by atoms with Gasteiger partial charge < -0.3 is 45.0 Å². The molecule has 0 unspecified atom stereocenters. The summed E-state index contributed by atoms with van der Waals surface area (Å²) < 4.78 is 63.4. The number of aryl methyl sites for hydroxylation is 2. The van der Waals surface area contributed by atoms with Crippen molar-refractivity contribution >= 4 is 45.6 Å². The number of nitrogens with two attached hydrogens (primary N) is 1. The number of ether oxygens (including phenoxy) is 3. The van der Waals surface area contributed by atoms with Crippen molar-refractivity contribution in [3.63, 3.8) is 0 Å². The fraction of sp³-hybridized carbons (Fsp3) is 0.340. The second-order valence-corrected chi connectivity index (χ2v) is 15.9. The van der Waals surface area contributed by atoms with Gasteiger partial charge in [-0.05, 0) is 98.5 Å². The van der Waals surface area contributed by atoms with Gasteiger partial charge in [-0.2, -0.15) is 13.2 Å². The Bertz CT molecular complexity index is 2530. The summed E-state index contributed by atoms with van der Waals surface area (Å²) in [6.07, 6.45) is 2.42. The Morgan fingerprint density at radius 1 is 0.937 bits per heavy atom. The van der Waals surface area contributed by atoms with Crippen LogP contribution in [0.2, 0.25) is 0 Å². The van der Waals surface area contributed by atoms with E-state index in [-0.39, 0.29) is 24.8 Å². The number of thioether (sulfide) groups is 1. The Balaban J connectivity index is 0.847. The third-order valence-corrected chi connectivity index (χ3v) is 11.2. The van der Waals surface area contributed by atoms with Crippen molar-refractivity contribution in [2.75, 3.05) is 56.0 Å². The summed E-state index contributed by atoms with van der Waals surface area (Å²) in [6, 6.07) is 21.9. The Hall–Kier alpha value is -6.47. The molecule has 0 aliphatic rings. The van der Waals surface area contributed by atoms with Gasteiger partial charge in [0.1, 0.15) is 23.8 Å². The van der Waals surface area contributed by atoms with Crippen LogP contribution in [0.3, 0.4) is 0 Å². The number of aromatic nitrogens is 3. The van der Waals surface area contributed by atoms with E-state index in [1.165, 1.54) is 0 Å². The van der Waals surface area contributed by atoms with E-state index in [4.69, 9.17) is 24.5 Å². The summed E-state index contributed by atoms with van der Waals surface area (Å²) >= 11 is 1.75. The predicted octanol–water partition coefficient (Wildman–Crippen LogP) is 9.78. The monoisotopic (exact) mass is 883 g/mol. The summed E-state index contributed by atoms with van der Waals surface area (Å²) in [5.74, 6) is 9.04. The van der Waals surface area contributed by atoms with Crippen molar-refractivity contribution < 1.29 is 36.7 Å². The predicted molar refractivity (Wildman–Crippen MR) is 243 cm³/mol. The van der Waals surface area contributed by atoms with Gasteiger partial charge >= 0.3 is 6.18 Å². The number of nitrogens with zero attached hydrogens (tertiary/aromatic N) is 3. The number of alkyl halides is 3. The zero-order valence-electron chi connectivity index (χ0n) is 35.8. The number of nitrogens with one attached hydrogen (secondary N) is 3. The molecule has 0 spiro atoms. The number of halogens is 3. The van der Waals surface area contributed by atoms with Crippen LogP contribution in [0, 0.1) is 25.7 Å². The van der Waals surface area contributed by atoms with Gasteiger partial charge in [0.05, 0.1) is 49.0 Å². The lowest BCUT2D eigenvalue weighted by Crippen LogP contribution is -2.29. The zero-order valence-corrected chi connectivity index (χ0v) is 36.6. The first-order valence-electron chi connectivity index (χ1n) is 20.6. The summed E-state index contributed by atoms with van der Waals surface area (Å²) in [5.41, 5.74) is 12.0. The smallest absolute Gasteiger partial charge is 0.406 e. The molecule has 0 radical (unpaired) electrons. The minimum absolute atomic E-state index is 0.0706. The number of nitrogen functional groups attached to an aromatic ring is 1. The van der Waals surface area contributed by atoms with Crippen LogP contribution < -0.4 is 35.9 Å². The van der Waals surface area contributed by atoms with Crippen molar-refractivity contribution in [2.24, 2.45) is 0 Å². The molecule has 0 fully saturated rings. The Kier molecular flexibility index (Phi) is 16.1. The highest BCUT2D eigenvalue weighted by Gasteiger charge is 2.30. The molecule has 0 aliphatic carbocycles. The molecule has 5 N–H and O–H groups in total. The van der Waals surface area contributed by atoms with Crippen molar-refractivity contribution in [3.05, 3.63) is 102 Å². The summed E-state index contributed by atoms with van der Waals surface area (Å²) in [6.45, 7) is 3.81. The van der Waals surface area contributed by atoms with Gasteiger partial charge in [0.25, 0.3) is 5.91 Å². The lowest BCUT2D eigenvalue weighted by atomic mass is 10.1. The van der Waals surface area contributed by atoms with Gasteiger partial charge in [0, 0.05) is 46.4 Å². The molecular weight excluding hydrogens is 832 g/mol.